The number of nitrogens with one attached hydrogen (secondary N) is 2. The van der Waals surface area contributed by atoms with Gasteiger partial charge in [-0.3, -0.25) is 0 Å². The monoisotopic (exact) mass is 367 g/mol. The van der Waals surface area contributed by atoms with Gasteiger partial charge in [0.25, 0.3) is 0 Å². The van der Waals surface area contributed by atoms with Crippen molar-refractivity contribution in [3.05, 3.63) is 59.8 Å². The van der Waals surface area contributed by atoms with Crippen LogP contribution in [0, 0.1) is 0 Å². The summed E-state index contributed by atoms with van der Waals surface area (Å²) < 4.78 is 9.92. The molecule has 2 aromatic carbocycles. The van der Waals surface area contributed by atoms with Crippen molar-refractivity contribution in [1.82, 2.24) is 0 Å². The SMILES string of the molecule is CCOC(=O)c1c[nH+]c2ccc(C(=O)OC)cc2c1Nc1cccc(O)c1. The fourth-order valence-electron chi connectivity index (χ4n) is 2.72. The summed E-state index contributed by atoms with van der Waals surface area (Å²) in [6.45, 7) is 1.95. The molecule has 1 aromatic heterocycles. The third kappa shape index (κ3) is 3.82. The van der Waals surface area contributed by atoms with Crippen molar-refractivity contribution in [2.24, 2.45) is 0 Å². The molecule has 0 spiro atoms. The van der Waals surface area contributed by atoms with Gasteiger partial charge in [0.15, 0.2) is 6.20 Å². The first kappa shape index (κ1) is 18.2. The lowest BCUT2D eigenvalue weighted by Gasteiger charge is -2.12. The number of methoxy groups -OCH3 is 1. The molecule has 0 aliphatic heterocycles. The van der Waals surface area contributed by atoms with Crippen LogP contribution in [0.25, 0.3) is 10.9 Å². The summed E-state index contributed by atoms with van der Waals surface area (Å²) in [6.07, 6.45) is 1.54. The molecule has 0 radical (unpaired) electrons. The fraction of sp³-hybridized carbons (Fsp3) is 0.150. The van der Waals surface area contributed by atoms with Gasteiger partial charge in [-0.2, -0.15) is 0 Å². The molecular formula is C20H19N2O5+. The average Bonchev–Trinajstić information content (AvgIpc) is 2.67. The van der Waals surface area contributed by atoms with Gasteiger partial charge >= 0.3 is 11.9 Å². The first-order chi connectivity index (χ1) is 13.0. The molecule has 7 nitrogen and oxygen atoms in total. The maximum Gasteiger partial charge on any atom is 0.346 e. The Bertz CT molecular complexity index is 1020. The van der Waals surface area contributed by atoms with Crippen LogP contribution in [0.5, 0.6) is 5.75 Å². The van der Waals surface area contributed by atoms with E-state index in [2.05, 4.69) is 10.3 Å². The Hall–Kier alpha value is -3.61. The van der Waals surface area contributed by atoms with Crippen molar-refractivity contribution < 1.29 is 29.2 Å². The summed E-state index contributed by atoms with van der Waals surface area (Å²) >= 11 is 0. The van der Waals surface area contributed by atoms with Crippen LogP contribution in [0.4, 0.5) is 11.4 Å². The van der Waals surface area contributed by atoms with E-state index in [1.165, 1.54) is 13.2 Å². The quantitative estimate of drug-likeness (QED) is 0.673. The second kappa shape index (κ2) is 7.74. The standard InChI is InChI=1S/C20H18N2O5/c1-3-27-20(25)16-11-21-17-8-7-12(19(24)26-2)9-15(17)18(16)22-13-5-4-6-14(23)10-13/h4-11,23H,3H2,1-2H3,(H,21,22)/p+1. The molecule has 0 bridgehead atoms. The Morgan fingerprint density at radius 1 is 1.15 bits per heavy atom. The van der Waals surface area contributed by atoms with Gasteiger partial charge in [0.05, 0.1) is 30.4 Å². The third-order valence-electron chi connectivity index (χ3n) is 3.96. The van der Waals surface area contributed by atoms with Crippen LogP contribution in [0.2, 0.25) is 0 Å². The van der Waals surface area contributed by atoms with E-state index >= 15 is 0 Å². The molecule has 7 heteroatoms. The molecule has 0 saturated carbocycles. The van der Waals surface area contributed by atoms with Gasteiger partial charge in [-0.15, -0.1) is 0 Å². The van der Waals surface area contributed by atoms with Crippen molar-refractivity contribution in [3.8, 4) is 5.75 Å². The number of benzene rings is 2. The van der Waals surface area contributed by atoms with Gasteiger partial charge in [-0.25, -0.2) is 14.6 Å². The van der Waals surface area contributed by atoms with E-state index in [1.54, 1.807) is 49.5 Å². The van der Waals surface area contributed by atoms with E-state index in [0.29, 0.717) is 27.8 Å². The van der Waals surface area contributed by atoms with Crippen molar-refractivity contribution in [2.45, 2.75) is 6.92 Å². The molecule has 0 aliphatic rings. The molecule has 3 aromatic rings. The number of fused-ring (bicyclic) bond motifs is 1. The average molecular weight is 367 g/mol. The zero-order chi connectivity index (χ0) is 19.4. The Kier molecular flexibility index (Phi) is 5.21. The number of aromatic amines is 1. The van der Waals surface area contributed by atoms with E-state index in [-0.39, 0.29) is 17.9 Å². The van der Waals surface area contributed by atoms with Crippen LogP contribution in [0.1, 0.15) is 27.6 Å². The lowest BCUT2D eigenvalue weighted by Crippen LogP contribution is -2.15. The smallest absolute Gasteiger partial charge is 0.346 e. The Morgan fingerprint density at radius 2 is 1.96 bits per heavy atom. The maximum absolute atomic E-state index is 12.4. The predicted octanol–water partition coefficient (Wildman–Crippen LogP) is 3.07. The fourth-order valence-corrected chi connectivity index (χ4v) is 2.72. The molecule has 0 amide bonds. The molecule has 3 rings (SSSR count). The number of phenolic OH excluding ortho intramolecular Hbond substituents is 1. The number of carbonyl (C=O) groups excluding carboxylic acids is 2. The number of aromatic hydroxyl groups is 1. The minimum Gasteiger partial charge on any atom is -0.508 e. The molecule has 0 atom stereocenters. The number of pyridine rings is 1. The number of esters is 2. The first-order valence-electron chi connectivity index (χ1n) is 8.33. The zero-order valence-corrected chi connectivity index (χ0v) is 14.9. The molecule has 3 N–H and O–H groups in total. The van der Waals surface area contributed by atoms with Gasteiger partial charge in [0.2, 0.25) is 5.52 Å². The van der Waals surface area contributed by atoms with Crippen molar-refractivity contribution in [2.75, 3.05) is 19.0 Å². The lowest BCUT2D eigenvalue weighted by atomic mass is 10.1. The predicted molar refractivity (Wildman–Crippen MR) is 99.2 cm³/mol. The molecular weight excluding hydrogens is 348 g/mol. The van der Waals surface area contributed by atoms with E-state index < -0.39 is 11.9 Å². The Balaban J connectivity index is 2.20. The van der Waals surface area contributed by atoms with Gasteiger partial charge < -0.3 is 19.9 Å². The summed E-state index contributed by atoms with van der Waals surface area (Å²) in [5.74, 6) is -0.914. The number of phenols is 1. The molecule has 27 heavy (non-hydrogen) atoms. The first-order valence-corrected chi connectivity index (χ1v) is 8.33. The molecule has 138 valence electrons. The van der Waals surface area contributed by atoms with Gasteiger partial charge in [0, 0.05) is 17.8 Å². The number of hydrogen-bond donors (Lipinski definition) is 2. The number of hydrogen-bond acceptors (Lipinski definition) is 6. The highest BCUT2D eigenvalue weighted by Crippen LogP contribution is 2.30. The minimum atomic E-state index is -0.512. The van der Waals surface area contributed by atoms with E-state index in [1.807, 2.05) is 0 Å². The number of H-pyrrole nitrogens is 1. The van der Waals surface area contributed by atoms with E-state index in [4.69, 9.17) is 9.47 Å². The van der Waals surface area contributed by atoms with Crippen LogP contribution >= 0.6 is 0 Å². The van der Waals surface area contributed by atoms with Crippen LogP contribution in [-0.2, 0) is 9.47 Å². The highest BCUT2D eigenvalue weighted by molar-refractivity contribution is 6.06. The maximum atomic E-state index is 12.4. The van der Waals surface area contributed by atoms with Crippen LogP contribution in [-0.4, -0.2) is 30.8 Å². The normalized spacial score (nSPS) is 10.4. The zero-order valence-electron chi connectivity index (χ0n) is 14.9. The third-order valence-corrected chi connectivity index (χ3v) is 3.96. The molecule has 1 heterocycles. The van der Waals surface area contributed by atoms with E-state index in [0.717, 1.165) is 0 Å². The highest BCUT2D eigenvalue weighted by atomic mass is 16.5. The summed E-state index contributed by atoms with van der Waals surface area (Å²) in [5.41, 5.74) is 2.36. The molecule has 0 fully saturated rings. The highest BCUT2D eigenvalue weighted by Gasteiger charge is 2.22. The van der Waals surface area contributed by atoms with Gasteiger partial charge in [-0.1, -0.05) is 6.07 Å². The second-order valence-electron chi connectivity index (χ2n) is 5.73. The van der Waals surface area contributed by atoms with Gasteiger partial charge in [0.1, 0.15) is 11.3 Å². The van der Waals surface area contributed by atoms with Crippen molar-refractivity contribution >= 4 is 34.2 Å². The second-order valence-corrected chi connectivity index (χ2v) is 5.73. The number of rotatable bonds is 5. The van der Waals surface area contributed by atoms with Crippen molar-refractivity contribution in [1.29, 1.82) is 0 Å². The summed E-state index contributed by atoms with van der Waals surface area (Å²) in [7, 11) is 1.31. The summed E-state index contributed by atoms with van der Waals surface area (Å²) in [6, 6.07) is 11.5. The number of carbonyl (C=O) groups is 2. The number of ether oxygens (including phenoxy) is 2. The number of aromatic nitrogens is 1. The molecule has 0 saturated heterocycles. The van der Waals surface area contributed by atoms with E-state index in [9.17, 15) is 14.7 Å². The Labute approximate surface area is 155 Å². The minimum absolute atomic E-state index is 0.0831. The summed E-state index contributed by atoms with van der Waals surface area (Å²) in [5, 5.41) is 13.5. The lowest BCUT2D eigenvalue weighted by molar-refractivity contribution is -0.344. The topological polar surface area (TPSA) is 99.0 Å². The van der Waals surface area contributed by atoms with Crippen LogP contribution in [0.3, 0.4) is 0 Å². The number of anilines is 2. The van der Waals surface area contributed by atoms with Crippen molar-refractivity contribution in [3.63, 3.8) is 0 Å². The van der Waals surface area contributed by atoms with Crippen LogP contribution in [0.15, 0.2) is 48.7 Å². The van der Waals surface area contributed by atoms with Crippen LogP contribution < -0.4 is 10.3 Å². The molecule has 0 unspecified atom stereocenters. The van der Waals surface area contributed by atoms with Gasteiger partial charge in [-0.05, 0) is 31.2 Å². The Morgan fingerprint density at radius 3 is 2.67 bits per heavy atom. The molecule has 0 aliphatic carbocycles. The summed E-state index contributed by atoms with van der Waals surface area (Å²) in [4.78, 5) is 27.4. The largest absolute Gasteiger partial charge is 0.508 e.